The van der Waals surface area contributed by atoms with E-state index >= 15 is 0 Å². The molecule has 0 bridgehead atoms. The maximum atomic E-state index is 11.3. The average molecular weight is 339 g/mol. The van der Waals surface area contributed by atoms with E-state index in [1.807, 2.05) is 49.4 Å². The molecular weight excluding hydrogens is 314 g/mol. The largest absolute Gasteiger partial charge is 0.466 e. The quantitative estimate of drug-likeness (QED) is 0.441. The minimum Gasteiger partial charge on any atom is -0.466 e. The summed E-state index contributed by atoms with van der Waals surface area (Å²) in [7, 11) is 1.37. The van der Waals surface area contributed by atoms with Crippen molar-refractivity contribution < 1.29 is 14.6 Å². The minimum atomic E-state index is -0.491. The van der Waals surface area contributed by atoms with Gasteiger partial charge in [0.2, 0.25) is 0 Å². The molecule has 2 N–H and O–H groups in total. The molecule has 2 aromatic rings. The third-order valence-electron chi connectivity index (χ3n) is 4.06. The van der Waals surface area contributed by atoms with Crippen molar-refractivity contribution in [2.24, 2.45) is 0 Å². The molecule has 0 radical (unpaired) electrons. The maximum absolute atomic E-state index is 11.3. The lowest BCUT2D eigenvalue weighted by molar-refractivity contribution is -0.134. The molecular formula is C21H25NO3. The highest BCUT2D eigenvalue weighted by Gasteiger charge is 2.06. The number of aliphatic hydroxyl groups excluding tert-OH is 1. The van der Waals surface area contributed by atoms with Gasteiger partial charge in [-0.15, -0.1) is 0 Å². The molecule has 0 aliphatic heterocycles. The molecule has 1 unspecified atom stereocenters. The van der Waals surface area contributed by atoms with Crippen LogP contribution in [0.1, 0.15) is 29.7 Å². The van der Waals surface area contributed by atoms with Gasteiger partial charge in [0.25, 0.3) is 0 Å². The van der Waals surface area contributed by atoms with Crippen LogP contribution in [0.4, 0.5) is 0 Å². The molecule has 0 aliphatic carbocycles. The van der Waals surface area contributed by atoms with Crippen LogP contribution in [0.2, 0.25) is 0 Å². The summed E-state index contributed by atoms with van der Waals surface area (Å²) in [6, 6.07) is 17.8. The van der Waals surface area contributed by atoms with Gasteiger partial charge in [0.15, 0.2) is 0 Å². The topological polar surface area (TPSA) is 58.6 Å². The lowest BCUT2D eigenvalue weighted by Gasteiger charge is -2.12. The van der Waals surface area contributed by atoms with Crippen LogP contribution in [-0.4, -0.2) is 31.3 Å². The van der Waals surface area contributed by atoms with E-state index in [9.17, 15) is 9.90 Å². The number of rotatable bonds is 8. The Hall–Kier alpha value is -2.43. The van der Waals surface area contributed by atoms with Gasteiger partial charge in [0.1, 0.15) is 0 Å². The zero-order valence-electron chi connectivity index (χ0n) is 14.7. The first kappa shape index (κ1) is 18.9. The molecule has 0 heterocycles. The Kier molecular flexibility index (Phi) is 7.38. The van der Waals surface area contributed by atoms with Gasteiger partial charge in [0.05, 0.1) is 13.2 Å². The van der Waals surface area contributed by atoms with Crippen LogP contribution in [0.5, 0.6) is 0 Å². The van der Waals surface area contributed by atoms with Crippen molar-refractivity contribution in [3.8, 4) is 0 Å². The number of benzene rings is 2. The minimum absolute atomic E-state index is 0.345. The van der Waals surface area contributed by atoms with E-state index in [-0.39, 0.29) is 5.97 Å². The van der Waals surface area contributed by atoms with Gasteiger partial charge < -0.3 is 15.2 Å². The standard InChI is InChI=1S/C21H25NO3/c1-16(14-21(24)25-2)18-10-8-17(9-11-18)12-13-22-15-20(23)19-6-4-3-5-7-19/h3-11,14,20,22-23H,12-13,15H2,1-2H3/b16-14+. The Balaban J connectivity index is 1.78. The van der Waals surface area contributed by atoms with Gasteiger partial charge in [-0.3, -0.25) is 0 Å². The summed E-state index contributed by atoms with van der Waals surface area (Å²) < 4.78 is 4.64. The van der Waals surface area contributed by atoms with Crippen LogP contribution >= 0.6 is 0 Å². The average Bonchev–Trinajstić information content (AvgIpc) is 2.66. The van der Waals surface area contributed by atoms with E-state index in [0.717, 1.165) is 29.7 Å². The van der Waals surface area contributed by atoms with Crippen molar-refractivity contribution in [1.82, 2.24) is 5.32 Å². The Morgan fingerprint density at radius 2 is 1.84 bits per heavy atom. The van der Waals surface area contributed by atoms with Crippen molar-refractivity contribution in [1.29, 1.82) is 0 Å². The van der Waals surface area contributed by atoms with E-state index in [4.69, 9.17) is 0 Å². The van der Waals surface area contributed by atoms with Gasteiger partial charge in [0, 0.05) is 12.6 Å². The van der Waals surface area contributed by atoms with Crippen LogP contribution in [0.25, 0.3) is 5.57 Å². The van der Waals surface area contributed by atoms with Gasteiger partial charge in [-0.05, 0) is 42.2 Å². The smallest absolute Gasteiger partial charge is 0.330 e. The van der Waals surface area contributed by atoms with Crippen LogP contribution in [0, 0.1) is 0 Å². The number of carbonyl (C=O) groups is 1. The Morgan fingerprint density at radius 1 is 1.16 bits per heavy atom. The number of allylic oxidation sites excluding steroid dienone is 1. The molecule has 4 heteroatoms. The molecule has 132 valence electrons. The lowest BCUT2D eigenvalue weighted by Crippen LogP contribution is -2.23. The first-order valence-electron chi connectivity index (χ1n) is 8.39. The van der Waals surface area contributed by atoms with Gasteiger partial charge in [-0.2, -0.15) is 0 Å². The zero-order valence-corrected chi connectivity index (χ0v) is 14.7. The number of methoxy groups -OCH3 is 1. The summed E-state index contributed by atoms with van der Waals surface area (Å²) in [5.41, 5.74) is 4.01. The predicted molar refractivity (Wildman–Crippen MR) is 100 cm³/mol. The monoisotopic (exact) mass is 339 g/mol. The second kappa shape index (κ2) is 9.77. The molecule has 25 heavy (non-hydrogen) atoms. The molecule has 0 aliphatic rings. The zero-order chi connectivity index (χ0) is 18.1. The molecule has 1 atom stereocenters. The first-order chi connectivity index (χ1) is 12.1. The number of aliphatic hydroxyl groups is 1. The van der Waals surface area contributed by atoms with E-state index in [1.54, 1.807) is 0 Å². The summed E-state index contributed by atoms with van der Waals surface area (Å²) in [6.07, 6.45) is 1.87. The number of nitrogens with one attached hydrogen (secondary N) is 1. The molecule has 2 aromatic carbocycles. The van der Waals surface area contributed by atoms with Crippen LogP contribution in [0.3, 0.4) is 0 Å². The molecule has 0 aromatic heterocycles. The first-order valence-corrected chi connectivity index (χ1v) is 8.39. The third kappa shape index (κ3) is 6.18. The number of hydrogen-bond donors (Lipinski definition) is 2. The number of esters is 1. The summed E-state index contributed by atoms with van der Waals surface area (Å²) in [6.45, 7) is 3.21. The summed E-state index contributed by atoms with van der Waals surface area (Å²) >= 11 is 0. The van der Waals surface area contributed by atoms with Crippen molar-refractivity contribution in [3.63, 3.8) is 0 Å². The normalized spacial score (nSPS) is 12.7. The Bertz CT molecular complexity index is 693. The van der Waals surface area contributed by atoms with Gasteiger partial charge in [-0.25, -0.2) is 4.79 Å². The van der Waals surface area contributed by atoms with E-state index < -0.39 is 6.10 Å². The van der Waals surface area contributed by atoms with E-state index in [2.05, 4.69) is 22.2 Å². The second-order valence-corrected chi connectivity index (χ2v) is 5.93. The fraction of sp³-hybridized carbons (Fsp3) is 0.286. The summed E-state index contributed by atoms with van der Waals surface area (Å²) in [5.74, 6) is -0.345. The number of carbonyl (C=O) groups excluding carboxylic acids is 1. The fourth-order valence-corrected chi connectivity index (χ4v) is 2.52. The van der Waals surface area contributed by atoms with Crippen molar-refractivity contribution in [3.05, 3.63) is 77.4 Å². The predicted octanol–water partition coefficient (Wildman–Crippen LogP) is 3.13. The van der Waals surface area contributed by atoms with Gasteiger partial charge >= 0.3 is 5.97 Å². The molecule has 0 spiro atoms. The highest BCUT2D eigenvalue weighted by atomic mass is 16.5. The SMILES string of the molecule is COC(=O)/C=C(\C)c1ccc(CCNCC(O)c2ccccc2)cc1. The Labute approximate surface area is 149 Å². The van der Waals surface area contributed by atoms with E-state index in [1.165, 1.54) is 18.7 Å². The molecule has 0 amide bonds. The Morgan fingerprint density at radius 3 is 2.48 bits per heavy atom. The second-order valence-electron chi connectivity index (χ2n) is 5.93. The van der Waals surface area contributed by atoms with E-state index in [0.29, 0.717) is 6.54 Å². The third-order valence-corrected chi connectivity index (χ3v) is 4.06. The summed E-state index contributed by atoms with van der Waals surface area (Å²) in [4.78, 5) is 11.3. The molecule has 0 saturated heterocycles. The molecule has 0 fully saturated rings. The molecule has 0 saturated carbocycles. The van der Waals surface area contributed by atoms with Crippen LogP contribution in [-0.2, 0) is 16.0 Å². The van der Waals surface area contributed by atoms with Crippen molar-refractivity contribution >= 4 is 11.5 Å². The maximum Gasteiger partial charge on any atom is 0.330 e. The molecule has 2 rings (SSSR count). The van der Waals surface area contributed by atoms with Crippen LogP contribution in [0.15, 0.2) is 60.7 Å². The molecule has 4 nitrogen and oxygen atoms in total. The van der Waals surface area contributed by atoms with Crippen molar-refractivity contribution in [2.45, 2.75) is 19.4 Å². The highest BCUT2D eigenvalue weighted by molar-refractivity contribution is 5.90. The fourth-order valence-electron chi connectivity index (χ4n) is 2.52. The number of hydrogen-bond acceptors (Lipinski definition) is 4. The van der Waals surface area contributed by atoms with Gasteiger partial charge in [-0.1, -0.05) is 54.6 Å². The van der Waals surface area contributed by atoms with Crippen molar-refractivity contribution in [2.75, 3.05) is 20.2 Å². The van der Waals surface area contributed by atoms with Crippen LogP contribution < -0.4 is 5.32 Å². The number of ether oxygens (including phenoxy) is 1. The highest BCUT2D eigenvalue weighted by Crippen LogP contribution is 2.15. The lowest BCUT2D eigenvalue weighted by atomic mass is 10.0. The summed E-state index contributed by atoms with van der Waals surface area (Å²) in [5, 5.41) is 13.4.